The number of hydrogen-bond donors (Lipinski definition) is 1. The Bertz CT molecular complexity index is 608. The van der Waals surface area contributed by atoms with Crippen LogP contribution in [0.2, 0.25) is 0 Å². The van der Waals surface area contributed by atoms with Gasteiger partial charge in [-0.1, -0.05) is 18.2 Å². The molecule has 4 heteroatoms. The lowest BCUT2D eigenvalue weighted by atomic mass is 10.1. The van der Waals surface area contributed by atoms with Crippen molar-refractivity contribution in [3.05, 3.63) is 35.5 Å². The van der Waals surface area contributed by atoms with E-state index in [9.17, 15) is 4.79 Å². The molecule has 18 heavy (non-hydrogen) atoms. The van der Waals surface area contributed by atoms with E-state index in [1.807, 2.05) is 32.0 Å². The van der Waals surface area contributed by atoms with Gasteiger partial charge in [0, 0.05) is 18.6 Å². The number of hydrogen-bond acceptors (Lipinski definition) is 3. The molecule has 1 heterocycles. The van der Waals surface area contributed by atoms with E-state index in [2.05, 4.69) is 4.98 Å². The van der Waals surface area contributed by atoms with Crippen LogP contribution in [0.1, 0.15) is 11.1 Å². The van der Waals surface area contributed by atoms with Crippen molar-refractivity contribution in [2.75, 3.05) is 18.5 Å². The summed E-state index contributed by atoms with van der Waals surface area (Å²) in [4.78, 5) is 17.0. The number of fused-ring (bicyclic) bond motifs is 1. The topological polar surface area (TPSA) is 53.4 Å². The maximum Gasteiger partial charge on any atom is 0.323 e. The molecule has 0 aliphatic carbocycles. The Morgan fingerprint density at radius 3 is 2.72 bits per heavy atom. The van der Waals surface area contributed by atoms with E-state index in [0.717, 1.165) is 27.7 Å². The zero-order valence-electron chi connectivity index (χ0n) is 10.8. The van der Waals surface area contributed by atoms with Crippen LogP contribution >= 0.6 is 0 Å². The van der Waals surface area contributed by atoms with Gasteiger partial charge in [0.1, 0.15) is 6.54 Å². The van der Waals surface area contributed by atoms with Crippen LogP contribution < -0.4 is 4.90 Å². The summed E-state index contributed by atoms with van der Waals surface area (Å²) >= 11 is 0. The van der Waals surface area contributed by atoms with E-state index < -0.39 is 5.97 Å². The van der Waals surface area contributed by atoms with Crippen LogP contribution in [-0.4, -0.2) is 29.7 Å². The largest absolute Gasteiger partial charge is 0.480 e. The van der Waals surface area contributed by atoms with Gasteiger partial charge in [-0.25, -0.2) is 0 Å². The van der Waals surface area contributed by atoms with Crippen molar-refractivity contribution >= 4 is 22.6 Å². The molecule has 0 saturated heterocycles. The number of carboxylic acids is 1. The lowest BCUT2D eigenvalue weighted by Gasteiger charge is -2.21. The summed E-state index contributed by atoms with van der Waals surface area (Å²) < 4.78 is 0. The third kappa shape index (κ3) is 2.14. The molecular weight excluding hydrogens is 228 g/mol. The van der Waals surface area contributed by atoms with Gasteiger partial charge in [-0.3, -0.25) is 9.78 Å². The average Bonchev–Trinajstić information content (AvgIpc) is 2.27. The standard InChI is InChI=1S/C14H16N2O2/c1-9-5-4-6-11-13(9)15-7-10(2)14(11)16(3)8-12(17)18/h4-7H,8H2,1-3H3,(H,17,18). The van der Waals surface area contributed by atoms with Gasteiger partial charge in [-0.15, -0.1) is 0 Å². The van der Waals surface area contributed by atoms with Crippen molar-refractivity contribution in [1.82, 2.24) is 4.98 Å². The number of carboxylic acid groups (broad SMARTS) is 1. The number of aromatic nitrogens is 1. The van der Waals surface area contributed by atoms with Crippen LogP contribution in [0.5, 0.6) is 0 Å². The lowest BCUT2D eigenvalue weighted by molar-refractivity contribution is -0.135. The average molecular weight is 244 g/mol. The number of benzene rings is 1. The van der Waals surface area contributed by atoms with Gasteiger partial charge in [0.25, 0.3) is 0 Å². The first-order valence-electron chi connectivity index (χ1n) is 5.78. The molecule has 94 valence electrons. The summed E-state index contributed by atoms with van der Waals surface area (Å²) in [5, 5.41) is 9.90. The predicted octanol–water partition coefficient (Wildman–Crippen LogP) is 2.37. The molecule has 0 aliphatic heterocycles. The Morgan fingerprint density at radius 2 is 2.06 bits per heavy atom. The zero-order chi connectivity index (χ0) is 13.3. The highest BCUT2D eigenvalue weighted by Gasteiger charge is 2.13. The number of para-hydroxylation sites is 1. The summed E-state index contributed by atoms with van der Waals surface area (Å²) in [6.07, 6.45) is 1.79. The van der Waals surface area contributed by atoms with Gasteiger partial charge < -0.3 is 10.0 Å². The SMILES string of the molecule is Cc1cnc2c(C)cccc2c1N(C)CC(=O)O. The Balaban J connectivity index is 2.64. The first-order valence-corrected chi connectivity index (χ1v) is 5.78. The van der Waals surface area contributed by atoms with E-state index in [4.69, 9.17) is 5.11 Å². The molecule has 0 fully saturated rings. The van der Waals surface area contributed by atoms with E-state index in [-0.39, 0.29) is 6.54 Å². The molecule has 0 unspecified atom stereocenters. The van der Waals surface area contributed by atoms with Crippen LogP contribution in [0.25, 0.3) is 10.9 Å². The number of aliphatic carboxylic acids is 1. The molecule has 2 rings (SSSR count). The van der Waals surface area contributed by atoms with E-state index in [1.165, 1.54) is 0 Å². The molecule has 0 bridgehead atoms. The van der Waals surface area contributed by atoms with E-state index in [1.54, 1.807) is 18.1 Å². The second-order valence-corrected chi connectivity index (χ2v) is 4.51. The third-order valence-electron chi connectivity index (χ3n) is 3.01. The zero-order valence-corrected chi connectivity index (χ0v) is 10.8. The highest BCUT2D eigenvalue weighted by Crippen LogP contribution is 2.29. The summed E-state index contributed by atoms with van der Waals surface area (Å²) in [6.45, 7) is 3.93. The highest BCUT2D eigenvalue weighted by atomic mass is 16.4. The van der Waals surface area contributed by atoms with Gasteiger partial charge in [0.05, 0.1) is 11.2 Å². The lowest BCUT2D eigenvalue weighted by Crippen LogP contribution is -2.26. The van der Waals surface area contributed by atoms with Gasteiger partial charge in [0.15, 0.2) is 0 Å². The monoisotopic (exact) mass is 244 g/mol. The van der Waals surface area contributed by atoms with Crippen LogP contribution in [-0.2, 0) is 4.79 Å². The Hall–Kier alpha value is -2.10. The number of nitrogens with zero attached hydrogens (tertiary/aromatic N) is 2. The smallest absolute Gasteiger partial charge is 0.323 e. The fourth-order valence-electron chi connectivity index (χ4n) is 2.24. The summed E-state index contributed by atoms with van der Waals surface area (Å²) in [6, 6.07) is 5.96. The van der Waals surface area contributed by atoms with Gasteiger partial charge in [0.2, 0.25) is 0 Å². The van der Waals surface area contributed by atoms with E-state index in [0.29, 0.717) is 0 Å². The Labute approximate surface area is 106 Å². The van der Waals surface area contributed by atoms with Gasteiger partial charge in [-0.2, -0.15) is 0 Å². The second kappa shape index (κ2) is 4.64. The number of likely N-dealkylation sites (N-methyl/N-ethyl adjacent to an activating group) is 1. The molecular formula is C14H16N2O2. The van der Waals surface area contributed by atoms with Gasteiger partial charge in [-0.05, 0) is 25.0 Å². The normalized spacial score (nSPS) is 10.6. The summed E-state index contributed by atoms with van der Waals surface area (Å²) in [5.74, 6) is -0.838. The molecule has 0 aliphatic rings. The van der Waals surface area contributed by atoms with Gasteiger partial charge >= 0.3 is 5.97 Å². The first-order chi connectivity index (χ1) is 8.50. The number of carbonyl (C=O) groups is 1. The third-order valence-corrected chi connectivity index (χ3v) is 3.01. The number of anilines is 1. The molecule has 0 atom stereocenters. The summed E-state index contributed by atoms with van der Waals surface area (Å²) in [5.41, 5.74) is 3.94. The second-order valence-electron chi connectivity index (χ2n) is 4.51. The molecule has 0 spiro atoms. The van der Waals surface area contributed by atoms with Crippen molar-refractivity contribution in [3.63, 3.8) is 0 Å². The Morgan fingerprint density at radius 1 is 1.33 bits per heavy atom. The van der Waals surface area contributed by atoms with Crippen molar-refractivity contribution < 1.29 is 9.90 Å². The van der Waals surface area contributed by atoms with Crippen LogP contribution in [0, 0.1) is 13.8 Å². The molecule has 1 aromatic carbocycles. The maximum atomic E-state index is 10.8. The van der Waals surface area contributed by atoms with Crippen LogP contribution in [0.3, 0.4) is 0 Å². The Kier molecular flexibility index (Phi) is 3.19. The van der Waals surface area contributed by atoms with Crippen molar-refractivity contribution in [1.29, 1.82) is 0 Å². The molecule has 4 nitrogen and oxygen atoms in total. The number of rotatable bonds is 3. The van der Waals surface area contributed by atoms with Crippen molar-refractivity contribution in [3.8, 4) is 0 Å². The molecule has 1 aromatic heterocycles. The quantitative estimate of drug-likeness (QED) is 0.900. The number of aryl methyl sites for hydroxylation is 2. The molecule has 0 radical (unpaired) electrons. The minimum absolute atomic E-state index is 0.0199. The van der Waals surface area contributed by atoms with Crippen molar-refractivity contribution in [2.24, 2.45) is 0 Å². The molecule has 2 aromatic rings. The van der Waals surface area contributed by atoms with Crippen LogP contribution in [0.15, 0.2) is 24.4 Å². The fourth-order valence-corrected chi connectivity index (χ4v) is 2.24. The van der Waals surface area contributed by atoms with E-state index >= 15 is 0 Å². The fraction of sp³-hybridized carbons (Fsp3) is 0.286. The first kappa shape index (κ1) is 12.4. The summed E-state index contributed by atoms with van der Waals surface area (Å²) in [7, 11) is 1.79. The number of pyridine rings is 1. The minimum Gasteiger partial charge on any atom is -0.480 e. The van der Waals surface area contributed by atoms with Crippen molar-refractivity contribution in [2.45, 2.75) is 13.8 Å². The molecule has 0 amide bonds. The highest BCUT2D eigenvalue weighted by molar-refractivity contribution is 5.95. The molecule has 1 N–H and O–H groups in total. The minimum atomic E-state index is -0.838. The van der Waals surface area contributed by atoms with Crippen LogP contribution in [0.4, 0.5) is 5.69 Å². The molecule has 0 saturated carbocycles. The maximum absolute atomic E-state index is 10.8. The predicted molar refractivity (Wildman–Crippen MR) is 72.1 cm³/mol.